The molecular formula is C46H46Cl2Zr. The van der Waals surface area contributed by atoms with Crippen molar-refractivity contribution >= 4 is 19.9 Å². The predicted molar refractivity (Wildman–Crippen MR) is 200 cm³/mol. The summed E-state index contributed by atoms with van der Waals surface area (Å²) >= 11 is -2.74. The van der Waals surface area contributed by atoms with E-state index >= 15 is 0 Å². The molecular weight excluding hydrogens is 715 g/mol. The minimum atomic E-state index is -2.74. The first-order chi connectivity index (χ1) is 22.4. The molecule has 0 spiro atoms. The maximum absolute atomic E-state index is 2.74. The molecule has 0 aromatic heterocycles. The SMILES string of the molecule is CC1=CC(C)(C)c2cc3c(cc21)-c1cc2c(cc1[CH]3/[Zr+2]([C]1=C(C)C(c3ccccc3)=CC1C)=[C](\C)c1ccccc1)C(C)(C)C=C2C.[Cl-].[Cl-]. The van der Waals surface area contributed by atoms with Crippen LogP contribution in [0.2, 0.25) is 0 Å². The molecule has 0 amide bonds. The van der Waals surface area contributed by atoms with Gasteiger partial charge in [-0.25, -0.2) is 0 Å². The van der Waals surface area contributed by atoms with Crippen LogP contribution >= 0.6 is 0 Å². The van der Waals surface area contributed by atoms with E-state index in [1.165, 1.54) is 66.8 Å². The fourth-order valence-corrected chi connectivity index (χ4v) is 18.9. The molecule has 1 atom stereocenters. The van der Waals surface area contributed by atoms with Crippen LogP contribution < -0.4 is 24.8 Å². The molecule has 0 aliphatic heterocycles. The van der Waals surface area contributed by atoms with Crippen LogP contribution in [0.15, 0.2) is 112 Å². The van der Waals surface area contributed by atoms with Crippen LogP contribution in [0.25, 0.3) is 27.8 Å². The first kappa shape index (κ1) is 36.0. The third-order valence-corrected chi connectivity index (χ3v) is 20.8. The minimum Gasteiger partial charge on any atom is -1.00 e. The molecule has 4 aliphatic rings. The van der Waals surface area contributed by atoms with E-state index in [0.29, 0.717) is 9.54 Å². The fraction of sp³-hybridized carbons (Fsp3) is 0.283. The van der Waals surface area contributed by atoms with Gasteiger partial charge in [-0.15, -0.1) is 0 Å². The van der Waals surface area contributed by atoms with Gasteiger partial charge in [-0.2, -0.15) is 0 Å². The average molecular weight is 761 g/mol. The summed E-state index contributed by atoms with van der Waals surface area (Å²) in [4.78, 5) is 0. The molecule has 1 unspecified atom stereocenters. The van der Waals surface area contributed by atoms with Crippen LogP contribution in [0, 0.1) is 5.92 Å². The molecule has 49 heavy (non-hydrogen) atoms. The van der Waals surface area contributed by atoms with Gasteiger partial charge in [0, 0.05) is 0 Å². The summed E-state index contributed by atoms with van der Waals surface area (Å²) in [6.45, 7) is 21.6. The van der Waals surface area contributed by atoms with Crippen LogP contribution in [0.5, 0.6) is 0 Å². The van der Waals surface area contributed by atoms with Gasteiger partial charge in [0.1, 0.15) is 0 Å². The average Bonchev–Trinajstić information content (AvgIpc) is 3.68. The Hall–Kier alpha value is -2.83. The molecule has 4 aromatic rings. The number of hydrogen-bond donors (Lipinski definition) is 0. The van der Waals surface area contributed by atoms with E-state index in [0.717, 1.165) is 0 Å². The Balaban J connectivity index is 0.00000208. The van der Waals surface area contributed by atoms with Crippen molar-refractivity contribution in [1.82, 2.24) is 0 Å². The monoisotopic (exact) mass is 758 g/mol. The van der Waals surface area contributed by atoms with E-state index < -0.39 is 21.3 Å². The van der Waals surface area contributed by atoms with Gasteiger partial charge in [0.25, 0.3) is 0 Å². The second-order valence-corrected chi connectivity index (χ2v) is 22.3. The fourth-order valence-electron chi connectivity index (χ4n) is 9.51. The minimum absolute atomic E-state index is 0. The summed E-state index contributed by atoms with van der Waals surface area (Å²) in [6.07, 6.45) is 7.56. The van der Waals surface area contributed by atoms with Gasteiger partial charge < -0.3 is 24.8 Å². The number of fused-ring (bicyclic) bond motifs is 5. The smallest absolute Gasteiger partial charge is 1.00 e. The quantitative estimate of drug-likeness (QED) is 0.239. The van der Waals surface area contributed by atoms with Crippen molar-refractivity contribution in [3.63, 3.8) is 0 Å². The Kier molecular flexibility index (Phi) is 9.36. The zero-order valence-corrected chi connectivity index (χ0v) is 34.2. The van der Waals surface area contributed by atoms with E-state index in [4.69, 9.17) is 0 Å². The molecule has 0 saturated heterocycles. The van der Waals surface area contributed by atoms with E-state index in [1.54, 1.807) is 17.6 Å². The van der Waals surface area contributed by atoms with Gasteiger partial charge >= 0.3 is 292 Å². The van der Waals surface area contributed by atoms with Gasteiger partial charge in [-0.1, -0.05) is 0 Å². The topological polar surface area (TPSA) is 0 Å². The van der Waals surface area contributed by atoms with E-state index in [9.17, 15) is 0 Å². The molecule has 4 aliphatic carbocycles. The standard InChI is InChI=1S/C25H25.C13H13.C8H8.2ClH.Zr/c1-14-12-24(3,4)22-8-16-7-17-9-23-19(15(2)13-25(23,5)6)11-21(17)20(16)10-18(14)22;1-10-8-11(2)13(9-10)12-6-4-3-5-7-12;1-2-8-6-4-3-5-7-8;;;/h7-13H,1-6H3;3-7,9-10H,1-2H3;3-7H,1H3;2*1H;/q;;;;;+2/p-2. The molecule has 0 nitrogen and oxygen atoms in total. The van der Waals surface area contributed by atoms with Gasteiger partial charge in [0.2, 0.25) is 0 Å². The molecule has 3 heteroatoms. The van der Waals surface area contributed by atoms with E-state index in [2.05, 4.69) is 165 Å². The van der Waals surface area contributed by atoms with Crippen LogP contribution in [-0.2, 0) is 32.1 Å². The largest absolute Gasteiger partial charge is 1.00 e. The number of hydrogen-bond acceptors (Lipinski definition) is 0. The van der Waals surface area contributed by atoms with Gasteiger partial charge in [-0.05, 0) is 0 Å². The summed E-state index contributed by atoms with van der Waals surface area (Å²) in [5.41, 5.74) is 20.7. The van der Waals surface area contributed by atoms with Crippen LogP contribution in [-0.4, -0.2) is 3.21 Å². The number of benzene rings is 4. The van der Waals surface area contributed by atoms with Crippen molar-refractivity contribution in [2.24, 2.45) is 5.92 Å². The zero-order chi connectivity index (χ0) is 33.0. The second-order valence-electron chi connectivity index (χ2n) is 15.7. The van der Waals surface area contributed by atoms with Crippen molar-refractivity contribution in [1.29, 1.82) is 0 Å². The Morgan fingerprint density at radius 1 is 0.633 bits per heavy atom. The molecule has 0 N–H and O–H groups in total. The maximum atomic E-state index is 2.67. The number of rotatable bonds is 4. The third-order valence-electron chi connectivity index (χ3n) is 11.6. The first-order valence-corrected chi connectivity index (χ1v) is 21.3. The Labute approximate surface area is 314 Å². The molecule has 0 fully saturated rings. The molecule has 0 radical (unpaired) electrons. The predicted octanol–water partition coefficient (Wildman–Crippen LogP) is 6.02. The van der Waals surface area contributed by atoms with Crippen molar-refractivity contribution in [3.05, 3.63) is 157 Å². The first-order valence-electron chi connectivity index (χ1n) is 17.4. The zero-order valence-electron chi connectivity index (χ0n) is 30.2. The van der Waals surface area contributed by atoms with Crippen molar-refractivity contribution in [3.8, 4) is 11.1 Å². The van der Waals surface area contributed by atoms with Gasteiger partial charge in [0.05, 0.1) is 0 Å². The summed E-state index contributed by atoms with van der Waals surface area (Å²) in [5.74, 6) is 0.426. The molecule has 8 rings (SSSR count). The van der Waals surface area contributed by atoms with E-state index in [1.807, 2.05) is 0 Å². The number of allylic oxidation sites excluding steroid dienone is 8. The number of halogens is 2. The second kappa shape index (κ2) is 12.7. The third kappa shape index (κ3) is 5.55. The Bertz CT molecular complexity index is 2090. The molecule has 0 heterocycles. The summed E-state index contributed by atoms with van der Waals surface area (Å²) in [6, 6.07) is 33.0. The van der Waals surface area contributed by atoms with Crippen molar-refractivity contribution in [2.75, 3.05) is 0 Å². The Morgan fingerprint density at radius 2 is 1.10 bits per heavy atom. The summed E-state index contributed by atoms with van der Waals surface area (Å²) < 4.78 is 3.84. The maximum Gasteiger partial charge on any atom is -1.00 e. The molecule has 248 valence electrons. The van der Waals surface area contributed by atoms with Crippen LogP contribution in [0.4, 0.5) is 0 Å². The summed E-state index contributed by atoms with van der Waals surface area (Å²) in [7, 11) is 0. The Morgan fingerprint density at radius 3 is 1.59 bits per heavy atom. The van der Waals surface area contributed by atoms with E-state index in [-0.39, 0.29) is 35.6 Å². The summed E-state index contributed by atoms with van der Waals surface area (Å²) in [5, 5.41) is 0. The molecule has 0 bridgehead atoms. The van der Waals surface area contributed by atoms with Crippen LogP contribution in [0.3, 0.4) is 0 Å². The van der Waals surface area contributed by atoms with Crippen molar-refractivity contribution < 1.29 is 46.1 Å². The normalized spacial score (nSPS) is 19.5. The van der Waals surface area contributed by atoms with Gasteiger partial charge in [0.15, 0.2) is 0 Å². The van der Waals surface area contributed by atoms with Gasteiger partial charge in [-0.3, -0.25) is 0 Å². The molecule has 0 saturated carbocycles. The van der Waals surface area contributed by atoms with Crippen LogP contribution in [0.1, 0.15) is 110 Å². The molecule has 4 aromatic carbocycles. The van der Waals surface area contributed by atoms with Crippen molar-refractivity contribution in [2.45, 2.75) is 76.8 Å².